The van der Waals surface area contributed by atoms with Crippen LogP contribution in [0, 0.1) is 13.8 Å². The van der Waals surface area contributed by atoms with Crippen molar-refractivity contribution < 1.29 is 9.53 Å². The van der Waals surface area contributed by atoms with Gasteiger partial charge < -0.3 is 15.0 Å². The van der Waals surface area contributed by atoms with Gasteiger partial charge in [0, 0.05) is 11.3 Å². The van der Waals surface area contributed by atoms with Crippen LogP contribution in [0.5, 0.6) is 5.75 Å². The second kappa shape index (κ2) is 7.19. The zero-order valence-electron chi connectivity index (χ0n) is 16.0. The van der Waals surface area contributed by atoms with Crippen molar-refractivity contribution in [1.82, 2.24) is 9.97 Å². The number of nitrogens with zero attached hydrogens (tertiary/aromatic N) is 1. The molecule has 140 valence electrons. The van der Waals surface area contributed by atoms with Gasteiger partial charge in [0.25, 0.3) is 5.91 Å². The lowest BCUT2D eigenvalue weighted by Gasteiger charge is -2.13. The van der Waals surface area contributed by atoms with Gasteiger partial charge in [-0.15, -0.1) is 0 Å². The van der Waals surface area contributed by atoms with Crippen LogP contribution in [0.2, 0.25) is 0 Å². The predicted octanol–water partition coefficient (Wildman–Crippen LogP) is 5.11. The highest BCUT2D eigenvalue weighted by Gasteiger charge is 2.16. The number of hydrogen-bond donors (Lipinski definition) is 2. The Balaban J connectivity index is 1.68. The van der Waals surface area contributed by atoms with Gasteiger partial charge in [-0.2, -0.15) is 0 Å². The number of ether oxygens (including phenoxy) is 1. The molecule has 0 aliphatic rings. The van der Waals surface area contributed by atoms with E-state index in [-0.39, 0.29) is 5.91 Å². The zero-order valence-corrected chi connectivity index (χ0v) is 16.0. The lowest BCUT2D eigenvalue weighted by atomic mass is 10.1. The van der Waals surface area contributed by atoms with E-state index in [2.05, 4.69) is 15.3 Å². The predicted molar refractivity (Wildman–Crippen MR) is 112 cm³/mol. The largest absolute Gasteiger partial charge is 0.496 e. The Morgan fingerprint density at radius 1 is 1.00 bits per heavy atom. The number of aryl methyl sites for hydroxylation is 2. The summed E-state index contributed by atoms with van der Waals surface area (Å²) in [4.78, 5) is 20.8. The van der Waals surface area contributed by atoms with Crippen molar-refractivity contribution in [2.24, 2.45) is 0 Å². The van der Waals surface area contributed by atoms with E-state index in [0.29, 0.717) is 11.3 Å². The first kappa shape index (κ1) is 17.8. The molecule has 2 N–H and O–H groups in total. The minimum absolute atomic E-state index is 0.203. The monoisotopic (exact) mass is 371 g/mol. The van der Waals surface area contributed by atoms with E-state index in [9.17, 15) is 4.79 Å². The average Bonchev–Trinajstić information content (AvgIpc) is 3.13. The Bertz CT molecular complexity index is 1140. The number of aromatic amines is 1. The van der Waals surface area contributed by atoms with Gasteiger partial charge in [0.15, 0.2) is 0 Å². The smallest absolute Gasteiger partial charge is 0.259 e. The zero-order chi connectivity index (χ0) is 19.7. The van der Waals surface area contributed by atoms with E-state index in [0.717, 1.165) is 39.2 Å². The molecule has 0 saturated carbocycles. The van der Waals surface area contributed by atoms with Crippen LogP contribution >= 0.6 is 0 Å². The number of benzene rings is 3. The summed E-state index contributed by atoms with van der Waals surface area (Å²) in [7, 11) is 1.58. The normalized spacial score (nSPS) is 10.8. The molecule has 1 amide bonds. The average molecular weight is 371 g/mol. The number of para-hydroxylation sites is 3. The van der Waals surface area contributed by atoms with Crippen LogP contribution < -0.4 is 10.1 Å². The van der Waals surface area contributed by atoms with Gasteiger partial charge in [0.1, 0.15) is 11.6 Å². The molecule has 0 saturated heterocycles. The summed E-state index contributed by atoms with van der Waals surface area (Å²) in [6.07, 6.45) is 0. The van der Waals surface area contributed by atoms with Crippen molar-refractivity contribution in [1.29, 1.82) is 0 Å². The molecule has 5 nitrogen and oxygen atoms in total. The number of H-pyrrole nitrogens is 1. The van der Waals surface area contributed by atoms with E-state index in [4.69, 9.17) is 4.74 Å². The standard InChI is InChI=1S/C23H21N3O2/c1-14-11-12-16(22-24-18-9-4-5-10-19(18)25-22)13-20(14)26-23(27)17-8-6-7-15(2)21(17)28-3/h4-13H,1-3H3,(H,24,25)(H,26,27). The minimum atomic E-state index is -0.203. The van der Waals surface area contributed by atoms with Gasteiger partial charge in [-0.05, 0) is 49.2 Å². The molecule has 5 heteroatoms. The second-order valence-corrected chi connectivity index (χ2v) is 6.74. The van der Waals surface area contributed by atoms with Gasteiger partial charge in [0.2, 0.25) is 0 Å². The number of aromatic nitrogens is 2. The number of fused-ring (bicyclic) bond motifs is 1. The molecule has 0 atom stereocenters. The molecule has 0 bridgehead atoms. The van der Waals surface area contributed by atoms with Crippen molar-refractivity contribution in [2.45, 2.75) is 13.8 Å². The SMILES string of the molecule is COc1c(C)cccc1C(=O)Nc1cc(-c2nc3ccccc3[nH]2)ccc1C. The van der Waals surface area contributed by atoms with Crippen LogP contribution in [-0.2, 0) is 0 Å². The lowest BCUT2D eigenvalue weighted by Crippen LogP contribution is -2.14. The van der Waals surface area contributed by atoms with Crippen LogP contribution in [-0.4, -0.2) is 23.0 Å². The molecule has 0 unspecified atom stereocenters. The minimum Gasteiger partial charge on any atom is -0.496 e. The van der Waals surface area contributed by atoms with Crippen molar-refractivity contribution in [3.8, 4) is 17.1 Å². The molecular formula is C23H21N3O2. The molecule has 0 spiro atoms. The van der Waals surface area contributed by atoms with E-state index in [1.54, 1.807) is 13.2 Å². The number of methoxy groups -OCH3 is 1. The number of nitrogens with one attached hydrogen (secondary N) is 2. The molecular weight excluding hydrogens is 350 g/mol. The Kier molecular flexibility index (Phi) is 4.57. The molecule has 0 aliphatic carbocycles. The summed E-state index contributed by atoms with van der Waals surface area (Å²) in [5.74, 6) is 1.15. The number of carbonyl (C=O) groups excluding carboxylic acids is 1. The maximum Gasteiger partial charge on any atom is 0.259 e. The van der Waals surface area contributed by atoms with Crippen molar-refractivity contribution in [3.05, 3.63) is 77.4 Å². The number of imidazole rings is 1. The molecule has 0 radical (unpaired) electrons. The van der Waals surface area contributed by atoms with Gasteiger partial charge in [0.05, 0.1) is 23.7 Å². The van der Waals surface area contributed by atoms with Crippen molar-refractivity contribution in [3.63, 3.8) is 0 Å². The summed E-state index contributed by atoms with van der Waals surface area (Å²) in [6, 6.07) is 19.3. The van der Waals surface area contributed by atoms with Crippen LogP contribution in [0.15, 0.2) is 60.7 Å². The Labute approximate surface area is 163 Å². The van der Waals surface area contributed by atoms with E-state index >= 15 is 0 Å². The van der Waals surface area contributed by atoms with E-state index in [1.807, 2.05) is 68.4 Å². The number of hydrogen-bond acceptors (Lipinski definition) is 3. The van der Waals surface area contributed by atoms with Crippen LogP contribution in [0.4, 0.5) is 5.69 Å². The van der Waals surface area contributed by atoms with Crippen LogP contribution in [0.3, 0.4) is 0 Å². The molecule has 4 aromatic rings. The second-order valence-electron chi connectivity index (χ2n) is 6.74. The maximum atomic E-state index is 12.9. The van der Waals surface area contributed by atoms with E-state index < -0.39 is 0 Å². The van der Waals surface area contributed by atoms with Gasteiger partial charge in [-0.3, -0.25) is 4.79 Å². The van der Waals surface area contributed by atoms with Crippen molar-refractivity contribution in [2.75, 3.05) is 12.4 Å². The summed E-state index contributed by atoms with van der Waals surface area (Å²) >= 11 is 0. The van der Waals surface area contributed by atoms with E-state index in [1.165, 1.54) is 0 Å². The van der Waals surface area contributed by atoms with Gasteiger partial charge >= 0.3 is 0 Å². The number of anilines is 1. The fourth-order valence-electron chi connectivity index (χ4n) is 3.29. The number of rotatable bonds is 4. The summed E-state index contributed by atoms with van der Waals surface area (Å²) in [6.45, 7) is 3.88. The van der Waals surface area contributed by atoms with Crippen molar-refractivity contribution >= 4 is 22.6 Å². The molecule has 28 heavy (non-hydrogen) atoms. The van der Waals surface area contributed by atoms with Crippen LogP contribution in [0.1, 0.15) is 21.5 Å². The number of amides is 1. The molecule has 4 rings (SSSR count). The Morgan fingerprint density at radius 2 is 1.82 bits per heavy atom. The fraction of sp³-hybridized carbons (Fsp3) is 0.130. The third kappa shape index (κ3) is 3.22. The van der Waals surface area contributed by atoms with Gasteiger partial charge in [-0.25, -0.2) is 4.98 Å². The molecule has 3 aromatic carbocycles. The summed E-state index contributed by atoms with van der Waals surface area (Å²) < 4.78 is 5.42. The quantitative estimate of drug-likeness (QED) is 0.524. The molecule has 1 heterocycles. The first-order chi connectivity index (χ1) is 13.6. The fourth-order valence-corrected chi connectivity index (χ4v) is 3.29. The summed E-state index contributed by atoms with van der Waals surface area (Å²) in [5, 5.41) is 3.01. The third-order valence-electron chi connectivity index (χ3n) is 4.81. The van der Waals surface area contributed by atoms with Gasteiger partial charge in [-0.1, -0.05) is 36.4 Å². The van der Waals surface area contributed by atoms with Crippen LogP contribution in [0.25, 0.3) is 22.4 Å². The first-order valence-electron chi connectivity index (χ1n) is 9.07. The summed E-state index contributed by atoms with van der Waals surface area (Å²) in [5.41, 5.74) is 5.94. The lowest BCUT2D eigenvalue weighted by molar-refractivity contribution is 0.102. The molecule has 1 aromatic heterocycles. The third-order valence-corrected chi connectivity index (χ3v) is 4.81. The Morgan fingerprint density at radius 3 is 2.61 bits per heavy atom. The first-order valence-corrected chi connectivity index (χ1v) is 9.07. The maximum absolute atomic E-state index is 12.9. The Hall–Kier alpha value is -3.60. The topological polar surface area (TPSA) is 67.0 Å². The molecule has 0 fully saturated rings. The highest BCUT2D eigenvalue weighted by molar-refractivity contribution is 6.07. The highest BCUT2D eigenvalue weighted by atomic mass is 16.5. The number of carbonyl (C=O) groups is 1. The highest BCUT2D eigenvalue weighted by Crippen LogP contribution is 2.28. The molecule has 0 aliphatic heterocycles.